The summed E-state index contributed by atoms with van der Waals surface area (Å²) in [6.45, 7) is 6.46. The first kappa shape index (κ1) is 12.8. The molecule has 88 valence electrons. The van der Waals surface area contributed by atoms with E-state index in [9.17, 15) is 4.79 Å². The molecule has 0 bridgehead atoms. The van der Waals surface area contributed by atoms with Crippen molar-refractivity contribution in [3.05, 3.63) is 34.9 Å². The van der Waals surface area contributed by atoms with Gasteiger partial charge in [-0.05, 0) is 36.0 Å². The monoisotopic (exact) mass is 219 g/mol. The maximum absolute atomic E-state index is 11.3. The summed E-state index contributed by atoms with van der Waals surface area (Å²) in [7, 11) is 0. The first-order chi connectivity index (χ1) is 7.56. The van der Waals surface area contributed by atoms with Gasteiger partial charge in [-0.25, -0.2) is 0 Å². The maximum Gasteiger partial charge on any atom is 0.248 e. The summed E-state index contributed by atoms with van der Waals surface area (Å²) in [6, 6.07) is 5.99. The minimum Gasteiger partial charge on any atom is -0.366 e. The first-order valence-electron chi connectivity index (χ1n) is 5.98. The zero-order chi connectivity index (χ0) is 12.1. The highest BCUT2D eigenvalue weighted by molar-refractivity contribution is 5.94. The third kappa shape index (κ3) is 3.09. The van der Waals surface area contributed by atoms with E-state index in [1.54, 1.807) is 0 Å². The van der Waals surface area contributed by atoms with Crippen molar-refractivity contribution < 1.29 is 4.79 Å². The van der Waals surface area contributed by atoms with Gasteiger partial charge in [0, 0.05) is 5.56 Å². The first-order valence-corrected chi connectivity index (χ1v) is 5.98. The number of hydrogen-bond acceptors (Lipinski definition) is 1. The Morgan fingerprint density at radius 2 is 2.06 bits per heavy atom. The van der Waals surface area contributed by atoms with Crippen molar-refractivity contribution >= 4 is 5.91 Å². The zero-order valence-corrected chi connectivity index (χ0v) is 10.4. The number of unbranched alkanes of at least 4 members (excludes halogenated alkanes) is 1. The summed E-state index contributed by atoms with van der Waals surface area (Å²) in [5.41, 5.74) is 8.42. The average Bonchev–Trinajstić information content (AvgIpc) is 2.25. The molecule has 1 aromatic carbocycles. The lowest BCUT2D eigenvalue weighted by atomic mass is 9.94. The Morgan fingerprint density at radius 1 is 1.38 bits per heavy atom. The topological polar surface area (TPSA) is 43.1 Å². The number of rotatable bonds is 5. The molecule has 1 aromatic rings. The standard InChI is InChI=1S/C14H21NO/c1-4-5-6-12-9-11(10(2)3)7-8-13(12)14(15)16/h7-10H,4-6H2,1-3H3,(H2,15,16). The normalized spacial score (nSPS) is 10.8. The van der Waals surface area contributed by atoms with E-state index in [4.69, 9.17) is 5.73 Å². The lowest BCUT2D eigenvalue weighted by molar-refractivity contribution is 0.0999. The molecule has 0 fully saturated rings. The van der Waals surface area contributed by atoms with E-state index in [0.29, 0.717) is 11.5 Å². The van der Waals surface area contributed by atoms with Gasteiger partial charge in [0.15, 0.2) is 0 Å². The number of carbonyl (C=O) groups is 1. The number of benzene rings is 1. The smallest absolute Gasteiger partial charge is 0.248 e. The highest BCUT2D eigenvalue weighted by Crippen LogP contribution is 2.20. The summed E-state index contributed by atoms with van der Waals surface area (Å²) in [5.74, 6) is 0.170. The Kier molecular flexibility index (Phi) is 4.53. The van der Waals surface area contributed by atoms with Gasteiger partial charge in [-0.2, -0.15) is 0 Å². The van der Waals surface area contributed by atoms with Crippen LogP contribution < -0.4 is 5.73 Å². The number of hydrogen-bond donors (Lipinski definition) is 1. The Balaban J connectivity index is 3.05. The van der Waals surface area contributed by atoms with Gasteiger partial charge in [0.05, 0.1) is 0 Å². The van der Waals surface area contributed by atoms with Crippen LogP contribution in [0.1, 0.15) is 61.0 Å². The Morgan fingerprint density at radius 3 is 2.56 bits per heavy atom. The summed E-state index contributed by atoms with van der Waals surface area (Å²) in [4.78, 5) is 11.3. The second kappa shape index (κ2) is 5.69. The number of primary amides is 1. The van der Waals surface area contributed by atoms with Crippen LogP contribution in [0.5, 0.6) is 0 Å². The quantitative estimate of drug-likeness (QED) is 0.811. The van der Waals surface area contributed by atoms with E-state index < -0.39 is 0 Å². The third-order valence-electron chi connectivity index (χ3n) is 2.86. The van der Waals surface area contributed by atoms with Gasteiger partial charge in [0.1, 0.15) is 0 Å². The molecule has 0 spiro atoms. The molecule has 0 aromatic heterocycles. The molecule has 0 aliphatic heterocycles. The molecule has 16 heavy (non-hydrogen) atoms. The predicted molar refractivity (Wildman–Crippen MR) is 67.7 cm³/mol. The molecular weight excluding hydrogens is 198 g/mol. The van der Waals surface area contributed by atoms with Gasteiger partial charge < -0.3 is 5.73 Å². The average molecular weight is 219 g/mol. The van der Waals surface area contributed by atoms with E-state index in [1.807, 2.05) is 12.1 Å². The third-order valence-corrected chi connectivity index (χ3v) is 2.86. The van der Waals surface area contributed by atoms with Crippen LogP contribution in [0.2, 0.25) is 0 Å². The number of carbonyl (C=O) groups excluding carboxylic acids is 1. The van der Waals surface area contributed by atoms with Crippen molar-refractivity contribution in [2.45, 2.75) is 46.0 Å². The van der Waals surface area contributed by atoms with Crippen molar-refractivity contribution in [1.29, 1.82) is 0 Å². The summed E-state index contributed by atoms with van der Waals surface area (Å²) in [6.07, 6.45) is 3.17. The van der Waals surface area contributed by atoms with Gasteiger partial charge in [-0.15, -0.1) is 0 Å². The van der Waals surface area contributed by atoms with Gasteiger partial charge in [-0.3, -0.25) is 4.79 Å². The molecule has 2 N–H and O–H groups in total. The largest absolute Gasteiger partial charge is 0.366 e. The minimum atomic E-state index is -0.318. The van der Waals surface area contributed by atoms with Gasteiger partial charge in [0.2, 0.25) is 5.91 Å². The molecule has 2 heteroatoms. The fraction of sp³-hybridized carbons (Fsp3) is 0.500. The number of amides is 1. The van der Waals surface area contributed by atoms with Crippen LogP contribution in [-0.4, -0.2) is 5.91 Å². The van der Waals surface area contributed by atoms with Crippen LogP contribution in [0.3, 0.4) is 0 Å². The zero-order valence-electron chi connectivity index (χ0n) is 10.4. The van der Waals surface area contributed by atoms with Crippen molar-refractivity contribution in [3.63, 3.8) is 0 Å². The molecule has 0 aliphatic carbocycles. The van der Waals surface area contributed by atoms with Gasteiger partial charge >= 0.3 is 0 Å². The molecule has 0 radical (unpaired) electrons. The van der Waals surface area contributed by atoms with E-state index in [2.05, 4.69) is 26.8 Å². The van der Waals surface area contributed by atoms with E-state index in [0.717, 1.165) is 24.8 Å². The molecule has 1 amide bonds. The van der Waals surface area contributed by atoms with Crippen molar-refractivity contribution in [2.75, 3.05) is 0 Å². The molecule has 0 atom stereocenters. The van der Waals surface area contributed by atoms with Crippen LogP contribution in [0.15, 0.2) is 18.2 Å². The van der Waals surface area contributed by atoms with E-state index in [1.165, 1.54) is 5.56 Å². The predicted octanol–water partition coefficient (Wildman–Crippen LogP) is 3.25. The summed E-state index contributed by atoms with van der Waals surface area (Å²) in [5, 5.41) is 0. The van der Waals surface area contributed by atoms with E-state index >= 15 is 0 Å². The highest BCUT2D eigenvalue weighted by Gasteiger charge is 2.09. The Hall–Kier alpha value is -1.31. The van der Waals surface area contributed by atoms with Crippen LogP contribution in [-0.2, 0) is 6.42 Å². The molecule has 1 rings (SSSR count). The highest BCUT2D eigenvalue weighted by atomic mass is 16.1. The fourth-order valence-corrected chi connectivity index (χ4v) is 1.79. The molecule has 0 heterocycles. The molecule has 2 nitrogen and oxygen atoms in total. The number of aryl methyl sites for hydroxylation is 1. The lowest BCUT2D eigenvalue weighted by Crippen LogP contribution is -2.14. The Labute approximate surface area is 97.9 Å². The van der Waals surface area contributed by atoms with Gasteiger partial charge in [-0.1, -0.05) is 39.3 Å². The molecular formula is C14H21NO. The molecule has 0 saturated carbocycles. The second-order valence-corrected chi connectivity index (χ2v) is 4.54. The van der Waals surface area contributed by atoms with Crippen molar-refractivity contribution in [2.24, 2.45) is 5.73 Å². The minimum absolute atomic E-state index is 0.318. The van der Waals surface area contributed by atoms with Crippen molar-refractivity contribution in [3.8, 4) is 0 Å². The molecule has 0 unspecified atom stereocenters. The maximum atomic E-state index is 11.3. The molecule has 0 aliphatic rings. The second-order valence-electron chi connectivity index (χ2n) is 4.54. The van der Waals surface area contributed by atoms with E-state index in [-0.39, 0.29) is 5.91 Å². The lowest BCUT2D eigenvalue weighted by Gasteiger charge is -2.11. The van der Waals surface area contributed by atoms with Crippen molar-refractivity contribution in [1.82, 2.24) is 0 Å². The number of nitrogens with two attached hydrogens (primary N) is 1. The summed E-state index contributed by atoms with van der Waals surface area (Å²) >= 11 is 0. The SMILES string of the molecule is CCCCc1cc(C(C)C)ccc1C(N)=O. The molecule has 0 saturated heterocycles. The van der Waals surface area contributed by atoms with Crippen LogP contribution in [0, 0.1) is 0 Å². The summed E-state index contributed by atoms with van der Waals surface area (Å²) < 4.78 is 0. The fourth-order valence-electron chi connectivity index (χ4n) is 1.79. The Bertz CT molecular complexity index is 369. The van der Waals surface area contributed by atoms with Gasteiger partial charge in [0.25, 0.3) is 0 Å². The van der Waals surface area contributed by atoms with Crippen LogP contribution in [0.25, 0.3) is 0 Å². The van der Waals surface area contributed by atoms with Crippen LogP contribution in [0.4, 0.5) is 0 Å². The van der Waals surface area contributed by atoms with Crippen LogP contribution >= 0.6 is 0 Å².